The summed E-state index contributed by atoms with van der Waals surface area (Å²) in [6, 6.07) is -0.905. The number of hydrogen-bond acceptors (Lipinski definition) is 2. The van der Waals surface area contributed by atoms with E-state index in [1.807, 2.05) is 0 Å². The van der Waals surface area contributed by atoms with Crippen molar-refractivity contribution in [2.75, 3.05) is 6.54 Å². The van der Waals surface area contributed by atoms with Gasteiger partial charge in [-0.15, -0.1) is 12.4 Å². The average Bonchev–Trinajstić information content (AvgIpc) is 1.80. The van der Waals surface area contributed by atoms with Crippen molar-refractivity contribution >= 4 is 18.3 Å². The molecule has 0 aliphatic heterocycles. The lowest BCUT2D eigenvalue weighted by atomic mass is 10.3. The predicted molar refractivity (Wildman–Crippen MR) is 40.0 cm³/mol. The smallest absolute Gasteiger partial charge is 0.346 e. The Labute approximate surface area is 73.9 Å². The van der Waals surface area contributed by atoms with E-state index in [0.717, 1.165) is 0 Å². The Hall–Kier alpha value is -0.490. The SMILES string of the molecule is CC(N)C(=O)NCC(F)(F)F.Cl. The highest BCUT2D eigenvalue weighted by atomic mass is 35.5. The van der Waals surface area contributed by atoms with Crippen molar-refractivity contribution in [1.82, 2.24) is 5.32 Å². The van der Waals surface area contributed by atoms with E-state index in [-0.39, 0.29) is 12.4 Å². The molecular formula is C5H10ClF3N2O. The van der Waals surface area contributed by atoms with Gasteiger partial charge in [0.25, 0.3) is 0 Å². The fourth-order valence-corrected chi connectivity index (χ4v) is 0.348. The van der Waals surface area contributed by atoms with Gasteiger partial charge in [-0.3, -0.25) is 4.79 Å². The van der Waals surface area contributed by atoms with Crippen molar-refractivity contribution in [3.63, 3.8) is 0 Å². The molecule has 7 heteroatoms. The van der Waals surface area contributed by atoms with Gasteiger partial charge in [0.2, 0.25) is 5.91 Å². The fraction of sp³-hybridized carbons (Fsp3) is 0.800. The number of carbonyl (C=O) groups is 1. The van der Waals surface area contributed by atoms with Crippen molar-refractivity contribution in [2.24, 2.45) is 5.73 Å². The quantitative estimate of drug-likeness (QED) is 0.689. The lowest BCUT2D eigenvalue weighted by Gasteiger charge is -2.09. The highest BCUT2D eigenvalue weighted by Gasteiger charge is 2.27. The molecule has 0 aliphatic carbocycles. The molecule has 12 heavy (non-hydrogen) atoms. The summed E-state index contributed by atoms with van der Waals surface area (Å²) in [5.74, 6) is -0.803. The van der Waals surface area contributed by atoms with E-state index in [0.29, 0.717) is 0 Å². The first-order valence-corrected chi connectivity index (χ1v) is 2.93. The maximum Gasteiger partial charge on any atom is 0.405 e. The number of hydrogen-bond donors (Lipinski definition) is 2. The van der Waals surface area contributed by atoms with Gasteiger partial charge in [0.15, 0.2) is 0 Å². The van der Waals surface area contributed by atoms with Gasteiger partial charge in [-0.2, -0.15) is 13.2 Å². The minimum absolute atomic E-state index is 0. The summed E-state index contributed by atoms with van der Waals surface area (Å²) in [6.07, 6.45) is -4.37. The minimum Gasteiger partial charge on any atom is -0.346 e. The molecule has 3 N–H and O–H groups in total. The standard InChI is InChI=1S/C5H9F3N2O.ClH/c1-3(9)4(11)10-2-5(6,7)8;/h3H,2,9H2,1H3,(H,10,11);1H. The van der Waals surface area contributed by atoms with Crippen LogP contribution in [-0.2, 0) is 4.79 Å². The largest absolute Gasteiger partial charge is 0.405 e. The molecule has 0 aromatic heterocycles. The monoisotopic (exact) mass is 206 g/mol. The normalized spacial score (nSPS) is 13.1. The third-order valence-corrected chi connectivity index (χ3v) is 0.877. The van der Waals surface area contributed by atoms with E-state index in [9.17, 15) is 18.0 Å². The van der Waals surface area contributed by atoms with E-state index >= 15 is 0 Å². The molecular weight excluding hydrogens is 197 g/mol. The van der Waals surface area contributed by atoms with Gasteiger partial charge in [0.05, 0.1) is 6.04 Å². The second-order valence-electron chi connectivity index (χ2n) is 2.12. The van der Waals surface area contributed by atoms with Gasteiger partial charge in [-0.05, 0) is 6.92 Å². The summed E-state index contributed by atoms with van der Waals surface area (Å²) in [5.41, 5.74) is 4.99. The zero-order valence-electron chi connectivity index (χ0n) is 6.31. The van der Waals surface area contributed by atoms with E-state index in [4.69, 9.17) is 5.73 Å². The van der Waals surface area contributed by atoms with Gasteiger partial charge in [0.1, 0.15) is 6.54 Å². The van der Waals surface area contributed by atoms with Gasteiger partial charge >= 0.3 is 6.18 Å². The van der Waals surface area contributed by atoms with Gasteiger partial charge < -0.3 is 11.1 Å². The van der Waals surface area contributed by atoms with Crippen LogP contribution in [-0.4, -0.2) is 24.7 Å². The first-order chi connectivity index (χ1) is 4.83. The molecule has 0 heterocycles. The highest BCUT2D eigenvalue weighted by molar-refractivity contribution is 5.85. The van der Waals surface area contributed by atoms with Gasteiger partial charge in [-0.1, -0.05) is 0 Å². The number of nitrogens with two attached hydrogens (primary N) is 1. The number of alkyl halides is 3. The van der Waals surface area contributed by atoms with Crippen molar-refractivity contribution in [3.05, 3.63) is 0 Å². The summed E-state index contributed by atoms with van der Waals surface area (Å²) in [6.45, 7) is -0.0148. The van der Waals surface area contributed by atoms with E-state index in [2.05, 4.69) is 0 Å². The predicted octanol–water partition coefficient (Wildman–Crippen LogP) is 0.434. The molecule has 0 fully saturated rings. The third-order valence-electron chi connectivity index (χ3n) is 0.877. The van der Waals surface area contributed by atoms with Crippen LogP contribution < -0.4 is 11.1 Å². The third kappa shape index (κ3) is 7.62. The number of nitrogens with one attached hydrogen (secondary N) is 1. The summed E-state index contributed by atoms with van der Waals surface area (Å²) >= 11 is 0. The molecule has 0 aliphatic rings. The fourth-order valence-electron chi connectivity index (χ4n) is 0.348. The van der Waals surface area contributed by atoms with Crippen molar-refractivity contribution in [2.45, 2.75) is 19.1 Å². The molecule has 1 atom stereocenters. The topological polar surface area (TPSA) is 55.1 Å². The Kier molecular flexibility index (Phi) is 6.10. The molecule has 0 radical (unpaired) electrons. The van der Waals surface area contributed by atoms with Gasteiger partial charge in [-0.25, -0.2) is 0 Å². The van der Waals surface area contributed by atoms with Crippen LogP contribution in [0.3, 0.4) is 0 Å². The second-order valence-corrected chi connectivity index (χ2v) is 2.12. The van der Waals surface area contributed by atoms with Gasteiger partial charge in [0, 0.05) is 0 Å². The Morgan fingerprint density at radius 1 is 1.58 bits per heavy atom. The minimum atomic E-state index is -4.37. The summed E-state index contributed by atoms with van der Waals surface area (Å²) in [4.78, 5) is 10.5. The molecule has 0 bridgehead atoms. The maximum atomic E-state index is 11.4. The summed E-state index contributed by atoms with van der Waals surface area (Å²) < 4.78 is 34.3. The van der Waals surface area contributed by atoms with Crippen LogP contribution in [0.25, 0.3) is 0 Å². The summed E-state index contributed by atoms with van der Waals surface area (Å²) in [7, 11) is 0. The van der Waals surface area contributed by atoms with Crippen LogP contribution in [0.5, 0.6) is 0 Å². The molecule has 0 saturated carbocycles. The van der Waals surface area contributed by atoms with Crippen LogP contribution >= 0.6 is 12.4 Å². The average molecular weight is 207 g/mol. The Bertz CT molecular complexity index is 148. The van der Waals surface area contributed by atoms with Crippen molar-refractivity contribution < 1.29 is 18.0 Å². The zero-order chi connectivity index (χ0) is 9.07. The van der Waals surface area contributed by atoms with E-state index in [1.54, 1.807) is 5.32 Å². The second kappa shape index (κ2) is 5.21. The zero-order valence-corrected chi connectivity index (χ0v) is 7.13. The van der Waals surface area contributed by atoms with Crippen LogP contribution in [0.1, 0.15) is 6.92 Å². The molecule has 0 rings (SSSR count). The molecule has 0 aromatic rings. The first kappa shape index (κ1) is 14.1. The lowest BCUT2D eigenvalue weighted by molar-refractivity contribution is -0.138. The molecule has 0 spiro atoms. The number of carbonyl (C=O) groups excluding carboxylic acids is 1. The summed E-state index contributed by atoms with van der Waals surface area (Å²) in [5, 5.41) is 1.63. The van der Waals surface area contributed by atoms with E-state index in [1.165, 1.54) is 6.92 Å². The molecule has 0 saturated heterocycles. The maximum absolute atomic E-state index is 11.4. The van der Waals surface area contributed by atoms with E-state index < -0.39 is 24.7 Å². The van der Waals surface area contributed by atoms with Crippen LogP contribution in [0.2, 0.25) is 0 Å². The molecule has 74 valence electrons. The Balaban J connectivity index is 0. The van der Waals surface area contributed by atoms with Crippen LogP contribution in [0.15, 0.2) is 0 Å². The molecule has 0 aromatic carbocycles. The molecule has 1 unspecified atom stereocenters. The highest BCUT2D eigenvalue weighted by Crippen LogP contribution is 2.11. The molecule has 1 amide bonds. The Morgan fingerprint density at radius 2 is 2.00 bits per heavy atom. The number of rotatable bonds is 2. The van der Waals surface area contributed by atoms with Crippen LogP contribution in [0, 0.1) is 0 Å². The Morgan fingerprint density at radius 3 is 2.25 bits per heavy atom. The first-order valence-electron chi connectivity index (χ1n) is 2.93. The molecule has 3 nitrogen and oxygen atoms in total. The van der Waals surface area contributed by atoms with Crippen LogP contribution in [0.4, 0.5) is 13.2 Å². The number of amides is 1. The lowest BCUT2D eigenvalue weighted by Crippen LogP contribution is -2.42. The number of halogens is 4. The van der Waals surface area contributed by atoms with Crippen molar-refractivity contribution in [3.8, 4) is 0 Å². The van der Waals surface area contributed by atoms with Crippen molar-refractivity contribution in [1.29, 1.82) is 0 Å².